The van der Waals surface area contributed by atoms with Crippen molar-refractivity contribution in [3.8, 4) is 0 Å². The monoisotopic (exact) mass is 260 g/mol. The summed E-state index contributed by atoms with van der Waals surface area (Å²) >= 11 is 5.87. The molecule has 0 aliphatic rings. The summed E-state index contributed by atoms with van der Waals surface area (Å²) in [7, 11) is 0. The molecule has 0 saturated carbocycles. The van der Waals surface area contributed by atoms with E-state index >= 15 is 0 Å². The van der Waals surface area contributed by atoms with E-state index in [1.165, 1.54) is 12.1 Å². The Labute approximate surface area is 103 Å². The molecule has 3 N–H and O–H groups in total. The summed E-state index contributed by atoms with van der Waals surface area (Å²) in [6, 6.07) is 2.21. The molecular formula is C10H13ClN2O4. The molecule has 94 valence electrons. The summed E-state index contributed by atoms with van der Waals surface area (Å²) in [5.41, 5.74) is 0.837. The Hall–Kier alpha value is -1.37. The average molecular weight is 261 g/mol. The third kappa shape index (κ3) is 3.29. The topological polar surface area (TPSA) is 95.6 Å². The average Bonchev–Trinajstić information content (AvgIpc) is 2.29. The Kier molecular flexibility index (Phi) is 4.68. The second-order valence-electron chi connectivity index (χ2n) is 3.58. The first kappa shape index (κ1) is 13.7. The maximum Gasteiger partial charge on any atom is 0.273 e. The van der Waals surface area contributed by atoms with Gasteiger partial charge in [-0.15, -0.1) is 0 Å². The molecule has 6 nitrogen and oxygen atoms in total. The molecule has 0 radical (unpaired) electrons. The molecule has 0 bridgehead atoms. The zero-order valence-corrected chi connectivity index (χ0v) is 9.94. The maximum absolute atomic E-state index is 10.7. The third-order valence-corrected chi connectivity index (χ3v) is 2.60. The van der Waals surface area contributed by atoms with Crippen molar-refractivity contribution in [2.24, 2.45) is 0 Å². The molecule has 0 amide bonds. The van der Waals surface area contributed by atoms with Crippen LogP contribution in [0.3, 0.4) is 0 Å². The molecule has 0 aliphatic carbocycles. The van der Waals surface area contributed by atoms with E-state index in [2.05, 4.69) is 5.32 Å². The van der Waals surface area contributed by atoms with Gasteiger partial charge in [0.05, 0.1) is 34.9 Å². The summed E-state index contributed by atoms with van der Waals surface area (Å²) in [4.78, 5) is 10.2. The van der Waals surface area contributed by atoms with Gasteiger partial charge >= 0.3 is 0 Å². The lowest BCUT2D eigenvalue weighted by atomic mass is 10.1. The molecule has 1 aromatic rings. The molecular weight excluding hydrogens is 248 g/mol. The van der Waals surface area contributed by atoms with Crippen molar-refractivity contribution in [2.75, 3.05) is 18.5 Å². The summed E-state index contributed by atoms with van der Waals surface area (Å²) in [6.07, 6.45) is 0. The van der Waals surface area contributed by atoms with Crippen LogP contribution < -0.4 is 5.32 Å². The smallest absolute Gasteiger partial charge is 0.273 e. The number of hydrogen-bond donors (Lipinski definition) is 3. The Morgan fingerprint density at radius 1 is 1.47 bits per heavy atom. The fourth-order valence-electron chi connectivity index (χ4n) is 1.35. The number of nitrogens with one attached hydrogen (secondary N) is 1. The lowest BCUT2D eigenvalue weighted by molar-refractivity contribution is -0.385. The number of halogens is 1. The molecule has 0 heterocycles. The van der Waals surface area contributed by atoms with Gasteiger partial charge in [0.2, 0.25) is 0 Å². The van der Waals surface area contributed by atoms with Crippen molar-refractivity contribution in [1.29, 1.82) is 0 Å². The summed E-state index contributed by atoms with van der Waals surface area (Å²) in [6.45, 7) is 1.07. The first-order valence-corrected chi connectivity index (χ1v) is 5.30. The lowest BCUT2D eigenvalue weighted by Gasteiger charge is -2.16. The summed E-state index contributed by atoms with van der Waals surface area (Å²) in [5.74, 6) is 0. The van der Waals surface area contributed by atoms with E-state index in [0.717, 1.165) is 0 Å². The molecule has 0 saturated heterocycles. The van der Waals surface area contributed by atoms with Crippen molar-refractivity contribution >= 4 is 23.0 Å². The van der Waals surface area contributed by atoms with Crippen molar-refractivity contribution < 1.29 is 15.1 Å². The van der Waals surface area contributed by atoms with Crippen LogP contribution in [0.2, 0.25) is 5.02 Å². The van der Waals surface area contributed by atoms with Crippen LogP contribution in [0.1, 0.15) is 5.56 Å². The van der Waals surface area contributed by atoms with E-state index in [1.807, 2.05) is 0 Å². The molecule has 0 fully saturated rings. The fraction of sp³-hybridized carbons (Fsp3) is 0.400. The number of hydrogen-bond acceptors (Lipinski definition) is 5. The number of aliphatic hydroxyl groups is 2. The molecule has 0 atom stereocenters. The Bertz CT molecular complexity index is 421. The highest BCUT2D eigenvalue weighted by Gasteiger charge is 2.16. The number of nitrogens with zero attached hydrogens (tertiary/aromatic N) is 1. The van der Waals surface area contributed by atoms with E-state index in [4.69, 9.17) is 21.8 Å². The van der Waals surface area contributed by atoms with Crippen LogP contribution >= 0.6 is 11.6 Å². The molecule has 0 unspecified atom stereocenters. The number of rotatable bonds is 5. The van der Waals surface area contributed by atoms with E-state index < -0.39 is 11.0 Å². The van der Waals surface area contributed by atoms with Gasteiger partial charge in [-0.25, -0.2) is 0 Å². The van der Waals surface area contributed by atoms with Crippen molar-refractivity contribution in [1.82, 2.24) is 0 Å². The Morgan fingerprint density at radius 3 is 2.53 bits per heavy atom. The zero-order chi connectivity index (χ0) is 13.0. The number of aryl methyl sites for hydroxylation is 1. The number of aliphatic hydroxyl groups excluding tert-OH is 2. The summed E-state index contributed by atoms with van der Waals surface area (Å²) < 4.78 is 0. The van der Waals surface area contributed by atoms with Crippen LogP contribution in [-0.2, 0) is 0 Å². The number of anilines is 1. The fourth-order valence-corrected chi connectivity index (χ4v) is 1.56. The minimum absolute atomic E-state index is 0.0647. The summed E-state index contributed by atoms with van der Waals surface area (Å²) in [5, 5.41) is 31.5. The van der Waals surface area contributed by atoms with Crippen molar-refractivity contribution in [2.45, 2.75) is 13.0 Å². The first-order valence-electron chi connectivity index (χ1n) is 4.92. The first-order chi connectivity index (χ1) is 7.99. The van der Waals surface area contributed by atoms with Crippen LogP contribution in [0.5, 0.6) is 0 Å². The number of nitro benzene ring substituents is 1. The third-order valence-electron chi connectivity index (χ3n) is 2.28. The molecule has 0 aliphatic heterocycles. The lowest BCUT2D eigenvalue weighted by Crippen LogP contribution is -2.27. The second kappa shape index (κ2) is 5.81. The highest BCUT2D eigenvalue weighted by atomic mass is 35.5. The van der Waals surface area contributed by atoms with Crippen LogP contribution in [0.25, 0.3) is 0 Å². The highest BCUT2D eigenvalue weighted by molar-refractivity contribution is 6.33. The molecule has 17 heavy (non-hydrogen) atoms. The predicted octanol–water partition coefficient (Wildman–Crippen LogP) is 1.32. The van der Waals surface area contributed by atoms with Gasteiger partial charge in [-0.2, -0.15) is 0 Å². The van der Waals surface area contributed by atoms with Gasteiger partial charge in [-0.3, -0.25) is 10.1 Å². The number of nitro groups is 1. The van der Waals surface area contributed by atoms with E-state index in [9.17, 15) is 10.1 Å². The van der Waals surface area contributed by atoms with Gasteiger partial charge in [0.1, 0.15) is 0 Å². The molecule has 1 aromatic carbocycles. The maximum atomic E-state index is 10.7. The largest absolute Gasteiger partial charge is 0.394 e. The normalized spacial score (nSPS) is 10.6. The van der Waals surface area contributed by atoms with Gasteiger partial charge in [0, 0.05) is 11.6 Å². The van der Waals surface area contributed by atoms with Crippen LogP contribution in [-0.4, -0.2) is 34.4 Å². The highest BCUT2D eigenvalue weighted by Crippen LogP contribution is 2.30. The van der Waals surface area contributed by atoms with E-state index in [0.29, 0.717) is 11.3 Å². The van der Waals surface area contributed by atoms with Crippen LogP contribution in [0.15, 0.2) is 12.1 Å². The SMILES string of the molecule is Cc1cc(NC(CO)CO)c(Cl)cc1[N+](=O)[O-]. The molecule has 0 spiro atoms. The van der Waals surface area contributed by atoms with Gasteiger partial charge in [-0.05, 0) is 13.0 Å². The van der Waals surface area contributed by atoms with Crippen LogP contribution in [0.4, 0.5) is 11.4 Å². The Balaban J connectivity index is 3.03. The number of benzene rings is 1. The zero-order valence-electron chi connectivity index (χ0n) is 9.18. The van der Waals surface area contributed by atoms with Gasteiger partial charge < -0.3 is 15.5 Å². The van der Waals surface area contributed by atoms with E-state index in [1.54, 1.807) is 6.92 Å². The molecule has 0 aromatic heterocycles. The van der Waals surface area contributed by atoms with Crippen LogP contribution in [0, 0.1) is 17.0 Å². The second-order valence-corrected chi connectivity index (χ2v) is 3.99. The quantitative estimate of drug-likeness (QED) is 0.548. The van der Waals surface area contributed by atoms with Gasteiger partial charge in [0.25, 0.3) is 5.69 Å². The molecule has 1 rings (SSSR count). The van der Waals surface area contributed by atoms with Gasteiger partial charge in [-0.1, -0.05) is 11.6 Å². The minimum atomic E-state index is -0.548. The van der Waals surface area contributed by atoms with Gasteiger partial charge in [0.15, 0.2) is 0 Å². The van der Waals surface area contributed by atoms with Crippen molar-refractivity contribution in [3.63, 3.8) is 0 Å². The minimum Gasteiger partial charge on any atom is -0.394 e. The van der Waals surface area contributed by atoms with E-state index in [-0.39, 0.29) is 23.9 Å². The predicted molar refractivity (Wildman–Crippen MR) is 64.4 cm³/mol. The molecule has 7 heteroatoms. The van der Waals surface area contributed by atoms with Crippen molar-refractivity contribution in [3.05, 3.63) is 32.8 Å². The Morgan fingerprint density at radius 2 is 2.06 bits per heavy atom. The standard InChI is InChI=1S/C10H13ClN2O4/c1-6-2-9(12-7(4-14)5-15)8(11)3-10(6)13(16)17/h2-3,7,12,14-15H,4-5H2,1H3.